The Morgan fingerprint density at radius 2 is 2.12 bits per heavy atom. The number of carbonyl (C=O) groups excluding carboxylic acids is 1. The third-order valence-electron chi connectivity index (χ3n) is 4.66. The van der Waals surface area contributed by atoms with Gasteiger partial charge in [0.1, 0.15) is 11.5 Å². The first kappa shape index (κ1) is 15.6. The van der Waals surface area contributed by atoms with E-state index in [4.69, 9.17) is 0 Å². The fourth-order valence-corrected chi connectivity index (χ4v) is 3.42. The van der Waals surface area contributed by atoms with Crippen molar-refractivity contribution in [2.45, 2.75) is 18.8 Å². The third kappa shape index (κ3) is 3.05. The summed E-state index contributed by atoms with van der Waals surface area (Å²) in [5.41, 5.74) is 1.48. The van der Waals surface area contributed by atoms with Gasteiger partial charge in [-0.25, -0.2) is 14.2 Å². The van der Waals surface area contributed by atoms with Crippen LogP contribution in [0.5, 0.6) is 0 Å². The van der Waals surface area contributed by atoms with Crippen LogP contribution in [0.2, 0.25) is 0 Å². The van der Waals surface area contributed by atoms with Gasteiger partial charge in [0, 0.05) is 41.8 Å². The van der Waals surface area contributed by atoms with Crippen molar-refractivity contribution >= 4 is 16.8 Å². The van der Waals surface area contributed by atoms with Gasteiger partial charge < -0.3 is 14.9 Å². The van der Waals surface area contributed by atoms with Crippen LogP contribution in [0.15, 0.2) is 41.3 Å². The Kier molecular flexibility index (Phi) is 3.83. The van der Waals surface area contributed by atoms with Gasteiger partial charge in [-0.15, -0.1) is 0 Å². The van der Waals surface area contributed by atoms with Crippen LogP contribution in [0, 0.1) is 5.82 Å². The van der Waals surface area contributed by atoms with E-state index in [1.54, 1.807) is 23.1 Å². The van der Waals surface area contributed by atoms with E-state index in [-0.39, 0.29) is 23.3 Å². The second-order valence-corrected chi connectivity index (χ2v) is 6.34. The van der Waals surface area contributed by atoms with Crippen LogP contribution in [0.25, 0.3) is 10.9 Å². The Labute approximate surface area is 142 Å². The first-order valence-electron chi connectivity index (χ1n) is 8.23. The molecule has 1 fully saturated rings. The number of aromatic nitrogens is 3. The molecule has 6 nitrogen and oxygen atoms in total. The van der Waals surface area contributed by atoms with Crippen LogP contribution in [0.1, 0.15) is 34.9 Å². The van der Waals surface area contributed by atoms with Crippen LogP contribution in [-0.2, 0) is 0 Å². The van der Waals surface area contributed by atoms with Crippen molar-refractivity contribution in [3.05, 3.63) is 64.2 Å². The van der Waals surface area contributed by atoms with Crippen molar-refractivity contribution in [2.24, 2.45) is 0 Å². The molecular formula is C18H17FN4O2. The average molecular weight is 340 g/mol. The average Bonchev–Trinajstić information content (AvgIpc) is 3.04. The van der Waals surface area contributed by atoms with E-state index >= 15 is 0 Å². The molecule has 1 saturated heterocycles. The van der Waals surface area contributed by atoms with E-state index in [0.29, 0.717) is 24.3 Å². The van der Waals surface area contributed by atoms with Crippen molar-refractivity contribution in [1.82, 2.24) is 19.9 Å². The smallest absolute Gasteiger partial charge is 0.345 e. The van der Waals surface area contributed by atoms with Gasteiger partial charge in [0.25, 0.3) is 5.91 Å². The summed E-state index contributed by atoms with van der Waals surface area (Å²) in [6, 6.07) is 7.94. The fourth-order valence-electron chi connectivity index (χ4n) is 3.42. The maximum atomic E-state index is 13.3. The molecule has 2 N–H and O–H groups in total. The van der Waals surface area contributed by atoms with Gasteiger partial charge >= 0.3 is 5.69 Å². The molecule has 0 radical (unpaired) electrons. The Hall–Kier alpha value is -2.96. The molecule has 1 aromatic carbocycles. The highest BCUT2D eigenvalue weighted by Crippen LogP contribution is 2.26. The number of H-pyrrole nitrogens is 2. The lowest BCUT2D eigenvalue weighted by Crippen LogP contribution is -2.39. The molecule has 1 aliphatic rings. The second-order valence-electron chi connectivity index (χ2n) is 6.34. The predicted octanol–water partition coefficient (Wildman–Crippen LogP) is 2.41. The standard InChI is InChI=1S/C18H17FN4O2/c19-13-4-3-11-8-16(21-15(11)9-13)17(24)23-7-1-2-12(10-23)14-5-6-20-18(25)22-14/h3-6,8-9,12,21H,1-2,7,10H2,(H,20,22,25). The fraction of sp³-hybridized carbons (Fsp3) is 0.278. The highest BCUT2D eigenvalue weighted by Gasteiger charge is 2.27. The summed E-state index contributed by atoms with van der Waals surface area (Å²) in [4.78, 5) is 35.4. The number of carbonyl (C=O) groups is 1. The molecule has 25 heavy (non-hydrogen) atoms. The van der Waals surface area contributed by atoms with Crippen molar-refractivity contribution in [3.8, 4) is 0 Å². The molecule has 128 valence electrons. The number of hydrogen-bond acceptors (Lipinski definition) is 3. The first-order valence-corrected chi connectivity index (χ1v) is 8.23. The number of rotatable bonds is 2. The highest BCUT2D eigenvalue weighted by molar-refractivity contribution is 5.98. The van der Waals surface area contributed by atoms with Gasteiger partial charge in [-0.3, -0.25) is 4.79 Å². The number of hydrogen-bond donors (Lipinski definition) is 2. The predicted molar refractivity (Wildman–Crippen MR) is 91.0 cm³/mol. The monoisotopic (exact) mass is 340 g/mol. The maximum absolute atomic E-state index is 13.3. The van der Waals surface area contributed by atoms with E-state index in [0.717, 1.165) is 23.9 Å². The first-order chi connectivity index (χ1) is 12.1. The number of amides is 1. The number of benzene rings is 1. The second kappa shape index (κ2) is 6.16. The van der Waals surface area contributed by atoms with E-state index in [2.05, 4.69) is 15.0 Å². The van der Waals surface area contributed by atoms with E-state index in [9.17, 15) is 14.0 Å². The zero-order valence-electron chi connectivity index (χ0n) is 13.5. The summed E-state index contributed by atoms with van der Waals surface area (Å²) in [6.45, 7) is 1.19. The zero-order chi connectivity index (χ0) is 17.4. The summed E-state index contributed by atoms with van der Waals surface area (Å²) < 4.78 is 13.3. The molecular weight excluding hydrogens is 323 g/mol. The number of piperidine rings is 1. The van der Waals surface area contributed by atoms with Gasteiger partial charge in [-0.2, -0.15) is 0 Å². The summed E-state index contributed by atoms with van der Waals surface area (Å²) >= 11 is 0. The molecule has 7 heteroatoms. The topological polar surface area (TPSA) is 81.8 Å². The van der Waals surface area contributed by atoms with Crippen LogP contribution in [0.4, 0.5) is 4.39 Å². The Morgan fingerprint density at radius 1 is 1.24 bits per heavy atom. The molecule has 0 bridgehead atoms. The summed E-state index contributed by atoms with van der Waals surface area (Å²) in [5, 5.41) is 0.803. The van der Waals surface area contributed by atoms with E-state index < -0.39 is 0 Å². The van der Waals surface area contributed by atoms with Crippen LogP contribution in [-0.4, -0.2) is 38.8 Å². The van der Waals surface area contributed by atoms with Gasteiger partial charge in [0.2, 0.25) is 0 Å². The normalized spacial score (nSPS) is 17.8. The van der Waals surface area contributed by atoms with Crippen molar-refractivity contribution in [2.75, 3.05) is 13.1 Å². The molecule has 3 aromatic rings. The molecule has 2 aromatic heterocycles. The largest absolute Gasteiger partial charge is 0.350 e. The van der Waals surface area contributed by atoms with Gasteiger partial charge in [-0.1, -0.05) is 0 Å². The van der Waals surface area contributed by atoms with E-state index in [1.165, 1.54) is 18.3 Å². The van der Waals surface area contributed by atoms with Crippen LogP contribution in [0.3, 0.4) is 0 Å². The van der Waals surface area contributed by atoms with Crippen LogP contribution >= 0.6 is 0 Å². The van der Waals surface area contributed by atoms with Crippen molar-refractivity contribution in [3.63, 3.8) is 0 Å². The lowest BCUT2D eigenvalue weighted by atomic mass is 9.94. The Balaban J connectivity index is 1.57. The number of aromatic amines is 2. The molecule has 1 aliphatic heterocycles. The number of fused-ring (bicyclic) bond motifs is 1. The summed E-state index contributed by atoms with van der Waals surface area (Å²) in [6.07, 6.45) is 3.25. The number of nitrogens with zero attached hydrogens (tertiary/aromatic N) is 2. The Morgan fingerprint density at radius 3 is 2.96 bits per heavy atom. The molecule has 0 saturated carbocycles. The third-order valence-corrected chi connectivity index (χ3v) is 4.66. The van der Waals surface area contributed by atoms with Crippen LogP contribution < -0.4 is 5.69 Å². The molecule has 3 heterocycles. The molecule has 0 spiro atoms. The van der Waals surface area contributed by atoms with Gasteiger partial charge in [-0.05, 0) is 43.2 Å². The lowest BCUT2D eigenvalue weighted by Gasteiger charge is -2.32. The minimum atomic E-state index is -0.376. The number of likely N-dealkylation sites (tertiary alicyclic amines) is 1. The van der Waals surface area contributed by atoms with Gasteiger partial charge in [0.15, 0.2) is 0 Å². The molecule has 4 rings (SSSR count). The summed E-state index contributed by atoms with van der Waals surface area (Å²) in [5.74, 6) is -0.374. The zero-order valence-corrected chi connectivity index (χ0v) is 13.5. The molecule has 1 atom stereocenters. The van der Waals surface area contributed by atoms with Gasteiger partial charge in [0.05, 0.1) is 0 Å². The number of halogens is 1. The van der Waals surface area contributed by atoms with Crippen molar-refractivity contribution < 1.29 is 9.18 Å². The Bertz CT molecular complexity index is 994. The maximum Gasteiger partial charge on any atom is 0.345 e. The van der Waals surface area contributed by atoms with Crippen molar-refractivity contribution in [1.29, 1.82) is 0 Å². The summed E-state index contributed by atoms with van der Waals surface area (Å²) in [7, 11) is 0. The SMILES string of the molecule is O=C(c1cc2ccc(F)cc2[nH]1)N1CCCC(c2ccnc(=O)[nH]2)C1. The van der Waals surface area contributed by atoms with E-state index in [1.807, 2.05) is 0 Å². The highest BCUT2D eigenvalue weighted by atomic mass is 19.1. The lowest BCUT2D eigenvalue weighted by molar-refractivity contribution is 0.0701. The number of nitrogens with one attached hydrogen (secondary N) is 2. The minimum Gasteiger partial charge on any atom is -0.350 e. The quantitative estimate of drug-likeness (QED) is 0.752. The minimum absolute atomic E-state index is 0.0789. The molecule has 0 aliphatic carbocycles. The molecule has 1 amide bonds. The molecule has 1 unspecified atom stereocenters.